The van der Waals surface area contributed by atoms with Gasteiger partial charge in [0.25, 0.3) is 0 Å². The summed E-state index contributed by atoms with van der Waals surface area (Å²) in [5.74, 6) is 1.41. The van der Waals surface area contributed by atoms with Crippen molar-refractivity contribution in [1.82, 2.24) is 15.2 Å². The zero-order chi connectivity index (χ0) is 16.5. The molecule has 5 nitrogen and oxygen atoms in total. The molecule has 3 aliphatic rings. The summed E-state index contributed by atoms with van der Waals surface area (Å²) in [6.45, 7) is 2.94. The van der Waals surface area contributed by atoms with Crippen LogP contribution in [0.5, 0.6) is 0 Å². The summed E-state index contributed by atoms with van der Waals surface area (Å²) in [5, 5.41) is 3.30. The second kappa shape index (κ2) is 10.8. The van der Waals surface area contributed by atoms with Crippen molar-refractivity contribution in [3.63, 3.8) is 0 Å². The topological polar surface area (TPSA) is 71.2 Å². The summed E-state index contributed by atoms with van der Waals surface area (Å²) in [6.07, 6.45) is 7.48. The normalized spacial score (nSPS) is 30.0. The van der Waals surface area contributed by atoms with E-state index >= 15 is 0 Å². The van der Waals surface area contributed by atoms with E-state index in [1.165, 1.54) is 19.3 Å². The number of pyridine rings is 1. The van der Waals surface area contributed by atoms with Crippen molar-refractivity contribution in [1.29, 1.82) is 0 Å². The van der Waals surface area contributed by atoms with Crippen molar-refractivity contribution in [3.05, 3.63) is 30.1 Å². The maximum Gasteiger partial charge on any atom is 0.225 e. The maximum atomic E-state index is 12.7. The lowest BCUT2D eigenvalue weighted by Gasteiger charge is -2.34. The zero-order valence-corrected chi connectivity index (χ0v) is 17.9. The van der Waals surface area contributed by atoms with Gasteiger partial charge >= 0.3 is 0 Å². The molecule has 2 saturated carbocycles. The summed E-state index contributed by atoms with van der Waals surface area (Å²) in [5.41, 5.74) is 7.42. The minimum absolute atomic E-state index is 0. The number of amides is 1. The standard InChI is InChI=1S/C19H28N4O.3ClH/c20-18-14-5-4-13(11-14)17(18)19(24)22-15-6-9-23(10-7-15)12-16-3-1-2-8-21-16;;;/h1-3,8,13-15,17-18H,4-7,9-12,20H2,(H,22,24);3*1H. The van der Waals surface area contributed by atoms with Crippen LogP contribution in [-0.4, -0.2) is 41.0 Å². The van der Waals surface area contributed by atoms with Gasteiger partial charge in [0.15, 0.2) is 0 Å². The van der Waals surface area contributed by atoms with Gasteiger partial charge in [0, 0.05) is 37.9 Å². The highest BCUT2D eigenvalue weighted by atomic mass is 35.5. The van der Waals surface area contributed by atoms with Crippen LogP contribution in [0.1, 0.15) is 37.8 Å². The van der Waals surface area contributed by atoms with E-state index in [2.05, 4.69) is 21.3 Å². The molecule has 8 heteroatoms. The number of piperidine rings is 1. The van der Waals surface area contributed by atoms with Crippen LogP contribution in [0.15, 0.2) is 24.4 Å². The third-order valence-corrected chi connectivity index (χ3v) is 6.33. The number of fused-ring (bicyclic) bond motifs is 2. The predicted molar refractivity (Wildman–Crippen MR) is 115 cm³/mol. The van der Waals surface area contributed by atoms with Crippen molar-refractivity contribution in [2.45, 2.75) is 50.7 Å². The monoisotopic (exact) mass is 436 g/mol. The van der Waals surface area contributed by atoms with Crippen LogP contribution in [0, 0.1) is 17.8 Å². The molecule has 27 heavy (non-hydrogen) atoms. The van der Waals surface area contributed by atoms with E-state index in [-0.39, 0.29) is 55.1 Å². The average Bonchev–Trinajstić information content (AvgIpc) is 3.18. The second-order valence-electron chi connectivity index (χ2n) is 7.82. The summed E-state index contributed by atoms with van der Waals surface area (Å²) < 4.78 is 0. The molecule has 1 aliphatic heterocycles. The van der Waals surface area contributed by atoms with Gasteiger partial charge in [0.1, 0.15) is 0 Å². The molecule has 0 radical (unpaired) electrons. The van der Waals surface area contributed by atoms with Crippen molar-refractivity contribution in [2.75, 3.05) is 13.1 Å². The first kappa shape index (κ1) is 24.4. The van der Waals surface area contributed by atoms with Gasteiger partial charge in [-0.3, -0.25) is 14.7 Å². The van der Waals surface area contributed by atoms with E-state index < -0.39 is 0 Å². The number of carbonyl (C=O) groups excluding carboxylic acids is 1. The van der Waals surface area contributed by atoms with E-state index in [9.17, 15) is 4.79 Å². The number of halogens is 3. The van der Waals surface area contributed by atoms with Crippen LogP contribution in [0.3, 0.4) is 0 Å². The molecule has 2 heterocycles. The molecule has 4 unspecified atom stereocenters. The molecule has 1 amide bonds. The molecule has 0 spiro atoms. The van der Waals surface area contributed by atoms with Crippen LogP contribution >= 0.6 is 37.2 Å². The first-order valence-electron chi connectivity index (χ1n) is 9.39. The zero-order valence-electron chi connectivity index (χ0n) is 15.5. The van der Waals surface area contributed by atoms with Crippen LogP contribution < -0.4 is 11.1 Å². The average molecular weight is 438 g/mol. The molecule has 1 aromatic rings. The smallest absolute Gasteiger partial charge is 0.225 e. The number of nitrogens with zero attached hydrogens (tertiary/aromatic N) is 2. The highest BCUT2D eigenvalue weighted by molar-refractivity contribution is 5.86. The fourth-order valence-corrected chi connectivity index (χ4v) is 4.98. The Kier molecular flexibility index (Phi) is 9.80. The van der Waals surface area contributed by atoms with E-state index in [1.54, 1.807) is 0 Å². The molecule has 1 saturated heterocycles. The highest BCUT2D eigenvalue weighted by Gasteiger charge is 2.49. The molecular weight excluding hydrogens is 407 g/mol. The fraction of sp³-hybridized carbons (Fsp3) is 0.684. The Morgan fingerprint density at radius 1 is 1.11 bits per heavy atom. The van der Waals surface area contributed by atoms with Gasteiger partial charge in [0.2, 0.25) is 5.91 Å². The van der Waals surface area contributed by atoms with E-state index in [4.69, 9.17) is 5.73 Å². The van der Waals surface area contributed by atoms with Gasteiger partial charge in [-0.2, -0.15) is 0 Å². The highest BCUT2D eigenvalue weighted by Crippen LogP contribution is 2.47. The van der Waals surface area contributed by atoms with Crippen LogP contribution in [0.2, 0.25) is 0 Å². The van der Waals surface area contributed by atoms with Gasteiger partial charge < -0.3 is 11.1 Å². The summed E-state index contributed by atoms with van der Waals surface area (Å²) in [4.78, 5) is 19.5. The first-order chi connectivity index (χ1) is 11.7. The Morgan fingerprint density at radius 3 is 2.41 bits per heavy atom. The summed E-state index contributed by atoms with van der Waals surface area (Å²) in [6, 6.07) is 6.46. The number of hydrogen-bond donors (Lipinski definition) is 2. The second-order valence-corrected chi connectivity index (χ2v) is 7.82. The van der Waals surface area contributed by atoms with Crippen molar-refractivity contribution < 1.29 is 4.79 Å². The Morgan fingerprint density at radius 2 is 1.81 bits per heavy atom. The summed E-state index contributed by atoms with van der Waals surface area (Å²) in [7, 11) is 0. The van der Waals surface area contributed by atoms with Crippen molar-refractivity contribution >= 4 is 43.1 Å². The SMILES string of the molecule is Cl.Cl.Cl.NC1C2CCC(C2)C1C(=O)NC1CCN(Cc2ccccn2)CC1. The Bertz CT molecular complexity index is 582. The number of nitrogens with two attached hydrogens (primary N) is 1. The first-order valence-corrected chi connectivity index (χ1v) is 9.39. The van der Waals surface area contributed by atoms with Crippen molar-refractivity contribution in [3.8, 4) is 0 Å². The van der Waals surface area contributed by atoms with E-state index in [0.717, 1.165) is 38.2 Å². The molecule has 1 aromatic heterocycles. The van der Waals surface area contributed by atoms with E-state index in [0.29, 0.717) is 17.9 Å². The molecule has 0 aromatic carbocycles. The maximum absolute atomic E-state index is 12.7. The van der Waals surface area contributed by atoms with E-state index in [1.807, 2.05) is 18.3 Å². The number of hydrogen-bond acceptors (Lipinski definition) is 4. The Balaban J connectivity index is 0.00000121. The van der Waals surface area contributed by atoms with Gasteiger partial charge in [0.05, 0.1) is 11.6 Å². The Hall–Kier alpha value is -0.590. The molecule has 4 atom stereocenters. The molecular formula is C19H31Cl3N4O. The van der Waals surface area contributed by atoms with Gasteiger partial charge in [-0.25, -0.2) is 0 Å². The number of carbonyl (C=O) groups is 1. The number of likely N-dealkylation sites (tertiary alicyclic amines) is 1. The van der Waals surface area contributed by atoms with Gasteiger partial charge in [-0.05, 0) is 56.1 Å². The van der Waals surface area contributed by atoms with Gasteiger partial charge in [-0.1, -0.05) is 6.07 Å². The predicted octanol–water partition coefficient (Wildman–Crippen LogP) is 2.80. The molecule has 2 bridgehead atoms. The number of rotatable bonds is 4. The molecule has 3 N–H and O–H groups in total. The lowest BCUT2D eigenvalue weighted by Crippen LogP contribution is -2.50. The minimum Gasteiger partial charge on any atom is -0.353 e. The third-order valence-electron chi connectivity index (χ3n) is 6.33. The lowest BCUT2D eigenvalue weighted by molar-refractivity contribution is -0.128. The third kappa shape index (κ3) is 5.48. The number of aromatic nitrogens is 1. The minimum atomic E-state index is 0. The fourth-order valence-electron chi connectivity index (χ4n) is 4.98. The number of nitrogens with one attached hydrogen (secondary N) is 1. The van der Waals surface area contributed by atoms with Crippen LogP contribution in [0.25, 0.3) is 0 Å². The molecule has 154 valence electrons. The largest absolute Gasteiger partial charge is 0.353 e. The molecule has 2 aliphatic carbocycles. The van der Waals surface area contributed by atoms with Crippen molar-refractivity contribution in [2.24, 2.45) is 23.5 Å². The van der Waals surface area contributed by atoms with Gasteiger partial charge in [-0.15, -0.1) is 37.2 Å². The Labute approximate surface area is 180 Å². The van der Waals surface area contributed by atoms with Crippen LogP contribution in [0.4, 0.5) is 0 Å². The quantitative estimate of drug-likeness (QED) is 0.760. The molecule has 3 fully saturated rings. The van der Waals surface area contributed by atoms with Crippen LogP contribution in [-0.2, 0) is 11.3 Å². The molecule has 4 rings (SSSR count). The lowest BCUT2D eigenvalue weighted by atomic mass is 9.84. The summed E-state index contributed by atoms with van der Waals surface area (Å²) >= 11 is 0.